The summed E-state index contributed by atoms with van der Waals surface area (Å²) in [6.07, 6.45) is 4.91. The maximum absolute atomic E-state index is 5.66. The second kappa shape index (κ2) is 7.16. The first-order valence-corrected chi connectivity index (χ1v) is 7.48. The lowest BCUT2D eigenvalue weighted by Gasteiger charge is -2.33. The Morgan fingerprint density at radius 3 is 2.95 bits per heavy atom. The summed E-state index contributed by atoms with van der Waals surface area (Å²) in [5.41, 5.74) is 1.52. The van der Waals surface area contributed by atoms with E-state index >= 15 is 0 Å². The van der Waals surface area contributed by atoms with Gasteiger partial charge in [-0.3, -0.25) is 4.98 Å². The van der Waals surface area contributed by atoms with Gasteiger partial charge in [-0.1, -0.05) is 19.9 Å². The summed E-state index contributed by atoms with van der Waals surface area (Å²) >= 11 is 0. The summed E-state index contributed by atoms with van der Waals surface area (Å²) in [4.78, 5) is 6.57. The van der Waals surface area contributed by atoms with E-state index in [1.54, 1.807) is 0 Å². The minimum absolute atomic E-state index is 0.251. The van der Waals surface area contributed by atoms with Crippen molar-refractivity contribution in [3.05, 3.63) is 30.1 Å². The van der Waals surface area contributed by atoms with Gasteiger partial charge < -0.3 is 15.0 Å². The number of ether oxygens (including phenoxy) is 1. The molecule has 0 amide bonds. The molecule has 0 radical (unpaired) electrons. The molecule has 0 saturated carbocycles. The van der Waals surface area contributed by atoms with Crippen molar-refractivity contribution in [3.63, 3.8) is 0 Å². The molecule has 2 heterocycles. The summed E-state index contributed by atoms with van der Waals surface area (Å²) in [6.45, 7) is 9.18. The van der Waals surface area contributed by atoms with E-state index in [2.05, 4.69) is 42.2 Å². The number of nitrogens with zero attached hydrogens (tertiary/aromatic N) is 2. The first kappa shape index (κ1) is 15.4. The summed E-state index contributed by atoms with van der Waals surface area (Å²) in [7, 11) is 2.18. The van der Waals surface area contributed by atoms with Gasteiger partial charge in [0.1, 0.15) is 0 Å². The number of hydrogen-bond donors (Lipinski definition) is 1. The average molecular weight is 277 g/mol. The molecule has 2 rings (SSSR count). The third-order valence-electron chi connectivity index (χ3n) is 3.85. The monoisotopic (exact) mass is 277 g/mol. The van der Waals surface area contributed by atoms with Crippen LogP contribution in [0.25, 0.3) is 0 Å². The lowest BCUT2D eigenvalue weighted by atomic mass is 9.86. The Morgan fingerprint density at radius 1 is 1.50 bits per heavy atom. The normalized spacial score (nSPS) is 22.9. The molecule has 1 aromatic rings. The van der Waals surface area contributed by atoms with Crippen molar-refractivity contribution in [2.75, 3.05) is 33.4 Å². The first-order chi connectivity index (χ1) is 9.60. The van der Waals surface area contributed by atoms with Crippen molar-refractivity contribution in [2.45, 2.75) is 32.9 Å². The fraction of sp³-hybridized carbons (Fsp3) is 0.688. The van der Waals surface area contributed by atoms with Crippen LogP contribution in [0.4, 0.5) is 0 Å². The van der Waals surface area contributed by atoms with Crippen LogP contribution >= 0.6 is 0 Å². The zero-order valence-corrected chi connectivity index (χ0v) is 12.9. The fourth-order valence-corrected chi connectivity index (χ4v) is 2.82. The van der Waals surface area contributed by atoms with Crippen LogP contribution < -0.4 is 5.32 Å². The van der Waals surface area contributed by atoms with E-state index in [1.807, 2.05) is 18.5 Å². The Balaban J connectivity index is 1.90. The smallest absolute Gasteiger partial charge is 0.0547 e. The molecule has 1 aliphatic rings. The number of pyridine rings is 1. The van der Waals surface area contributed by atoms with Gasteiger partial charge in [-0.2, -0.15) is 0 Å². The van der Waals surface area contributed by atoms with Crippen LogP contribution in [-0.4, -0.2) is 49.3 Å². The molecule has 1 N–H and O–H groups in total. The number of rotatable bonds is 7. The van der Waals surface area contributed by atoms with E-state index in [0.29, 0.717) is 6.04 Å². The van der Waals surface area contributed by atoms with Crippen molar-refractivity contribution in [1.82, 2.24) is 15.2 Å². The summed E-state index contributed by atoms with van der Waals surface area (Å²) in [6, 6.07) is 4.65. The summed E-state index contributed by atoms with van der Waals surface area (Å²) < 4.78 is 5.66. The van der Waals surface area contributed by atoms with Gasteiger partial charge in [-0.25, -0.2) is 0 Å². The molecule has 1 aliphatic heterocycles. The van der Waals surface area contributed by atoms with Gasteiger partial charge in [-0.15, -0.1) is 0 Å². The van der Waals surface area contributed by atoms with Crippen LogP contribution in [0.15, 0.2) is 24.5 Å². The van der Waals surface area contributed by atoms with Crippen molar-refractivity contribution < 1.29 is 4.74 Å². The van der Waals surface area contributed by atoms with Gasteiger partial charge in [0.05, 0.1) is 6.61 Å². The molecule has 1 fully saturated rings. The summed E-state index contributed by atoms with van der Waals surface area (Å²) in [5.74, 6) is 0. The maximum Gasteiger partial charge on any atom is 0.0547 e. The molecule has 1 aromatic heterocycles. The van der Waals surface area contributed by atoms with Crippen molar-refractivity contribution in [2.24, 2.45) is 5.41 Å². The molecule has 20 heavy (non-hydrogen) atoms. The van der Waals surface area contributed by atoms with Gasteiger partial charge in [0.25, 0.3) is 0 Å². The van der Waals surface area contributed by atoms with Crippen molar-refractivity contribution >= 4 is 0 Å². The Morgan fingerprint density at radius 2 is 2.35 bits per heavy atom. The van der Waals surface area contributed by atoms with E-state index in [4.69, 9.17) is 4.74 Å². The van der Waals surface area contributed by atoms with Gasteiger partial charge in [-0.05, 0) is 25.1 Å². The zero-order chi connectivity index (χ0) is 14.4. The third kappa shape index (κ3) is 4.54. The predicted molar refractivity (Wildman–Crippen MR) is 81.6 cm³/mol. The third-order valence-corrected chi connectivity index (χ3v) is 3.85. The molecular formula is C16H27N3O. The quantitative estimate of drug-likeness (QED) is 0.826. The highest BCUT2D eigenvalue weighted by Gasteiger charge is 2.35. The Hall–Kier alpha value is -0.970. The molecular weight excluding hydrogens is 250 g/mol. The molecule has 0 aliphatic carbocycles. The topological polar surface area (TPSA) is 37.4 Å². The molecule has 4 nitrogen and oxygen atoms in total. The van der Waals surface area contributed by atoms with Gasteiger partial charge in [0.2, 0.25) is 0 Å². The number of nitrogens with one attached hydrogen (secondary N) is 1. The number of hydrogen-bond acceptors (Lipinski definition) is 4. The van der Waals surface area contributed by atoms with Crippen molar-refractivity contribution in [1.29, 1.82) is 0 Å². The standard InChI is InChI=1S/C16H27N3O/c1-14(2)18-11-16(6-8-20-13-16)12-19(3)10-15-5-4-7-17-9-15/h4-5,7,9,14,18H,6,8,10-13H2,1-3H3. The van der Waals surface area contributed by atoms with E-state index < -0.39 is 0 Å². The van der Waals surface area contributed by atoms with Crippen molar-refractivity contribution in [3.8, 4) is 0 Å². The van der Waals surface area contributed by atoms with Crippen LogP contribution in [0.2, 0.25) is 0 Å². The Labute approximate surface area is 122 Å². The predicted octanol–water partition coefficient (Wildman–Crippen LogP) is 1.92. The molecule has 0 aromatic carbocycles. The highest BCUT2D eigenvalue weighted by Crippen LogP contribution is 2.29. The van der Waals surface area contributed by atoms with E-state index in [9.17, 15) is 0 Å². The van der Waals surface area contributed by atoms with E-state index in [-0.39, 0.29) is 5.41 Å². The number of aromatic nitrogens is 1. The van der Waals surface area contributed by atoms with Crippen LogP contribution in [0.3, 0.4) is 0 Å². The first-order valence-electron chi connectivity index (χ1n) is 7.48. The molecule has 1 saturated heterocycles. The van der Waals surface area contributed by atoms with E-state index in [1.165, 1.54) is 5.56 Å². The van der Waals surface area contributed by atoms with Crippen LogP contribution in [0.5, 0.6) is 0 Å². The maximum atomic E-state index is 5.66. The molecule has 0 spiro atoms. The molecule has 1 unspecified atom stereocenters. The van der Waals surface area contributed by atoms with Crippen LogP contribution in [-0.2, 0) is 11.3 Å². The minimum atomic E-state index is 0.251. The SMILES string of the molecule is CC(C)NCC1(CN(C)Cc2cccnc2)CCOC1. The minimum Gasteiger partial charge on any atom is -0.381 e. The van der Waals surface area contributed by atoms with Gasteiger partial charge >= 0.3 is 0 Å². The van der Waals surface area contributed by atoms with E-state index in [0.717, 1.165) is 39.3 Å². The largest absolute Gasteiger partial charge is 0.381 e. The van der Waals surface area contributed by atoms with Gasteiger partial charge in [0.15, 0.2) is 0 Å². The Bertz CT molecular complexity index is 388. The second-order valence-electron chi connectivity index (χ2n) is 6.37. The average Bonchev–Trinajstić information content (AvgIpc) is 2.86. The second-order valence-corrected chi connectivity index (χ2v) is 6.37. The molecule has 1 atom stereocenters. The highest BCUT2D eigenvalue weighted by atomic mass is 16.5. The molecule has 112 valence electrons. The van der Waals surface area contributed by atoms with Crippen LogP contribution in [0.1, 0.15) is 25.8 Å². The lowest BCUT2D eigenvalue weighted by molar-refractivity contribution is 0.115. The Kier molecular flexibility index (Phi) is 5.52. The van der Waals surface area contributed by atoms with Gasteiger partial charge in [0, 0.05) is 50.1 Å². The lowest BCUT2D eigenvalue weighted by Crippen LogP contribution is -2.45. The molecule has 4 heteroatoms. The summed E-state index contributed by atoms with van der Waals surface area (Å²) in [5, 5.41) is 3.58. The highest BCUT2D eigenvalue weighted by molar-refractivity contribution is 5.08. The molecule has 0 bridgehead atoms. The fourth-order valence-electron chi connectivity index (χ4n) is 2.82. The zero-order valence-electron chi connectivity index (χ0n) is 12.9. The van der Waals surface area contributed by atoms with Crippen LogP contribution in [0, 0.1) is 5.41 Å².